The summed E-state index contributed by atoms with van der Waals surface area (Å²) in [4.78, 5) is 27.8. The van der Waals surface area contributed by atoms with E-state index in [1.807, 2.05) is 54.6 Å². The van der Waals surface area contributed by atoms with Gasteiger partial charge in [0.05, 0.1) is 5.57 Å². The topological polar surface area (TPSA) is 34.1 Å². The molecule has 0 saturated heterocycles. The summed E-state index contributed by atoms with van der Waals surface area (Å²) in [5.74, 6) is -0.368. The zero-order valence-electron chi connectivity index (χ0n) is 15.2. The third-order valence-electron chi connectivity index (χ3n) is 5.08. The number of carbonyl (C=O) groups is 2. The fourth-order valence-corrected chi connectivity index (χ4v) is 4.61. The monoisotopic (exact) mass is 380 g/mol. The third kappa shape index (κ3) is 2.72. The van der Waals surface area contributed by atoms with Gasteiger partial charge in [0, 0.05) is 20.9 Å². The first-order chi connectivity index (χ1) is 13.6. The normalized spacial score (nSPS) is 13.2. The van der Waals surface area contributed by atoms with Crippen molar-refractivity contribution in [3.63, 3.8) is 0 Å². The zero-order valence-corrected chi connectivity index (χ0v) is 16.0. The van der Waals surface area contributed by atoms with Crippen LogP contribution < -0.4 is 0 Å². The van der Waals surface area contributed by atoms with Gasteiger partial charge in [-0.3, -0.25) is 9.59 Å². The van der Waals surface area contributed by atoms with Crippen LogP contribution in [0.5, 0.6) is 0 Å². The largest absolute Gasteiger partial charge is 0.288 e. The number of aryl methyl sites for hydroxylation is 1. The van der Waals surface area contributed by atoms with Crippen LogP contribution in [-0.4, -0.2) is 11.6 Å². The standard InChI is InChI=1S/C25H16O2S/c1-15-5-4-8-18(11-15)23-10-9-19(28-23)14-22-24(26)20-12-16-6-2-3-7-17(16)13-21(20)25(22)27/h2-14H,1H3. The molecule has 0 radical (unpaired) electrons. The molecule has 0 amide bonds. The Morgan fingerprint density at radius 1 is 0.750 bits per heavy atom. The van der Waals surface area contributed by atoms with Crippen LogP contribution in [0.15, 0.2) is 78.4 Å². The molecule has 2 nitrogen and oxygen atoms in total. The van der Waals surface area contributed by atoms with Gasteiger partial charge in [0.1, 0.15) is 0 Å². The highest BCUT2D eigenvalue weighted by Gasteiger charge is 2.33. The van der Waals surface area contributed by atoms with E-state index in [4.69, 9.17) is 0 Å². The van der Waals surface area contributed by atoms with Crippen LogP contribution in [0.2, 0.25) is 0 Å². The van der Waals surface area contributed by atoms with Crippen molar-refractivity contribution in [2.45, 2.75) is 6.92 Å². The number of ketones is 2. The predicted molar refractivity (Wildman–Crippen MR) is 115 cm³/mol. The summed E-state index contributed by atoms with van der Waals surface area (Å²) in [6.07, 6.45) is 1.74. The van der Waals surface area contributed by atoms with Crippen molar-refractivity contribution in [1.82, 2.24) is 0 Å². The minimum Gasteiger partial charge on any atom is -0.288 e. The molecule has 0 unspecified atom stereocenters. The van der Waals surface area contributed by atoms with E-state index >= 15 is 0 Å². The van der Waals surface area contributed by atoms with Gasteiger partial charge < -0.3 is 0 Å². The maximum Gasteiger partial charge on any atom is 0.197 e. The SMILES string of the molecule is Cc1cccc(-c2ccc(C=C3C(=O)c4cc5ccccc5cc4C3=O)s2)c1. The van der Waals surface area contributed by atoms with E-state index in [0.29, 0.717) is 11.1 Å². The van der Waals surface area contributed by atoms with Crippen LogP contribution in [0.4, 0.5) is 0 Å². The second-order valence-corrected chi connectivity index (χ2v) is 8.15. The molecular weight excluding hydrogens is 364 g/mol. The number of hydrogen-bond donors (Lipinski definition) is 0. The van der Waals surface area contributed by atoms with Gasteiger partial charge in [-0.2, -0.15) is 0 Å². The Labute approximate surface area is 166 Å². The molecule has 1 heterocycles. The average molecular weight is 380 g/mol. The molecule has 0 aliphatic heterocycles. The van der Waals surface area contributed by atoms with E-state index in [-0.39, 0.29) is 17.1 Å². The number of thiophene rings is 1. The molecule has 1 aromatic heterocycles. The number of fused-ring (bicyclic) bond motifs is 2. The van der Waals surface area contributed by atoms with Gasteiger partial charge in [0.15, 0.2) is 11.6 Å². The molecule has 0 spiro atoms. The minimum atomic E-state index is -0.184. The van der Waals surface area contributed by atoms with E-state index in [9.17, 15) is 9.59 Å². The van der Waals surface area contributed by atoms with Crippen molar-refractivity contribution in [2.24, 2.45) is 0 Å². The Morgan fingerprint density at radius 3 is 2.07 bits per heavy atom. The Balaban J connectivity index is 1.55. The number of carbonyl (C=O) groups excluding carboxylic acids is 2. The second kappa shape index (κ2) is 6.39. The van der Waals surface area contributed by atoms with Crippen LogP contribution in [0.25, 0.3) is 27.3 Å². The first-order valence-electron chi connectivity index (χ1n) is 9.11. The summed E-state index contributed by atoms with van der Waals surface area (Å²) in [6.45, 7) is 2.07. The summed E-state index contributed by atoms with van der Waals surface area (Å²) in [7, 11) is 0. The summed E-state index contributed by atoms with van der Waals surface area (Å²) in [5, 5.41) is 1.95. The van der Waals surface area contributed by atoms with E-state index < -0.39 is 0 Å². The van der Waals surface area contributed by atoms with Crippen LogP contribution in [0.1, 0.15) is 31.2 Å². The van der Waals surface area contributed by atoms with Crippen molar-refractivity contribution >= 4 is 39.8 Å². The first kappa shape index (κ1) is 16.8. The van der Waals surface area contributed by atoms with Crippen molar-refractivity contribution in [1.29, 1.82) is 0 Å². The lowest BCUT2D eigenvalue weighted by atomic mass is 10.0. The number of allylic oxidation sites excluding steroid dienone is 1. The minimum absolute atomic E-state index is 0.184. The Hall–Kier alpha value is -3.30. The molecule has 4 aromatic rings. The summed E-state index contributed by atoms with van der Waals surface area (Å²) >= 11 is 1.59. The molecule has 5 rings (SSSR count). The Bertz CT molecular complexity index is 1250. The molecule has 3 heteroatoms. The highest BCUT2D eigenvalue weighted by atomic mass is 32.1. The number of rotatable bonds is 2. The highest BCUT2D eigenvalue weighted by Crippen LogP contribution is 2.34. The van der Waals surface area contributed by atoms with Crippen LogP contribution >= 0.6 is 11.3 Å². The van der Waals surface area contributed by atoms with Gasteiger partial charge >= 0.3 is 0 Å². The molecule has 134 valence electrons. The van der Waals surface area contributed by atoms with Gasteiger partial charge in [-0.25, -0.2) is 0 Å². The molecular formula is C25H16O2S. The zero-order chi connectivity index (χ0) is 19.3. The van der Waals surface area contributed by atoms with E-state index in [0.717, 1.165) is 26.1 Å². The van der Waals surface area contributed by atoms with Gasteiger partial charge in [-0.05, 0) is 53.6 Å². The molecule has 0 fully saturated rings. The maximum atomic E-state index is 12.9. The van der Waals surface area contributed by atoms with Gasteiger partial charge in [0.25, 0.3) is 0 Å². The predicted octanol–water partition coefficient (Wildman–Crippen LogP) is 6.34. The first-order valence-corrected chi connectivity index (χ1v) is 9.92. The Kier molecular flexibility index (Phi) is 3.85. The maximum absolute atomic E-state index is 12.9. The quantitative estimate of drug-likeness (QED) is 0.300. The third-order valence-corrected chi connectivity index (χ3v) is 6.16. The summed E-state index contributed by atoms with van der Waals surface area (Å²) in [6, 6.07) is 23.8. The van der Waals surface area contributed by atoms with Crippen LogP contribution in [0.3, 0.4) is 0 Å². The van der Waals surface area contributed by atoms with Crippen molar-refractivity contribution < 1.29 is 9.59 Å². The molecule has 1 aliphatic rings. The lowest BCUT2D eigenvalue weighted by Crippen LogP contribution is -1.99. The van der Waals surface area contributed by atoms with E-state index in [1.165, 1.54) is 5.56 Å². The summed E-state index contributed by atoms with van der Waals surface area (Å²) < 4.78 is 0. The molecule has 3 aromatic carbocycles. The molecule has 0 N–H and O–H groups in total. The smallest absolute Gasteiger partial charge is 0.197 e. The van der Waals surface area contributed by atoms with Crippen LogP contribution in [-0.2, 0) is 0 Å². The van der Waals surface area contributed by atoms with Crippen molar-refractivity contribution in [2.75, 3.05) is 0 Å². The van der Waals surface area contributed by atoms with Crippen molar-refractivity contribution in [3.8, 4) is 10.4 Å². The van der Waals surface area contributed by atoms with E-state index in [2.05, 4.69) is 25.1 Å². The molecule has 1 aliphatic carbocycles. The number of Topliss-reactive ketones (excluding diaryl/α,β-unsaturated/α-hetero) is 2. The second-order valence-electron chi connectivity index (χ2n) is 7.03. The number of hydrogen-bond acceptors (Lipinski definition) is 3. The molecule has 0 saturated carbocycles. The highest BCUT2D eigenvalue weighted by molar-refractivity contribution is 7.16. The van der Waals surface area contributed by atoms with E-state index in [1.54, 1.807) is 17.4 Å². The van der Waals surface area contributed by atoms with Crippen LogP contribution in [0, 0.1) is 6.92 Å². The fourth-order valence-electron chi connectivity index (χ4n) is 3.67. The van der Waals surface area contributed by atoms with Gasteiger partial charge in [-0.1, -0.05) is 54.1 Å². The Morgan fingerprint density at radius 2 is 1.43 bits per heavy atom. The fraction of sp³-hybridized carbons (Fsp3) is 0.0400. The molecule has 0 bridgehead atoms. The lowest BCUT2D eigenvalue weighted by molar-refractivity contribution is 0.0990. The van der Waals surface area contributed by atoms with Gasteiger partial charge in [0.2, 0.25) is 0 Å². The average Bonchev–Trinajstić information content (AvgIpc) is 3.26. The van der Waals surface area contributed by atoms with Crippen molar-refractivity contribution in [3.05, 3.63) is 99.9 Å². The summed E-state index contributed by atoms with van der Waals surface area (Å²) in [5.41, 5.74) is 3.61. The lowest BCUT2D eigenvalue weighted by Gasteiger charge is -2.00. The molecule has 0 atom stereocenters. The van der Waals surface area contributed by atoms with Gasteiger partial charge in [-0.15, -0.1) is 11.3 Å². The molecule has 28 heavy (non-hydrogen) atoms. The number of benzene rings is 3.